The van der Waals surface area contributed by atoms with Crippen LogP contribution >= 0.6 is 0 Å². The highest BCUT2D eigenvalue weighted by atomic mass is 16.2. The number of benzene rings is 2. The molecule has 0 bridgehead atoms. The van der Waals surface area contributed by atoms with E-state index < -0.39 is 17.5 Å². The molecule has 2 aliphatic heterocycles. The van der Waals surface area contributed by atoms with Crippen LogP contribution in [0.4, 0.5) is 4.79 Å². The van der Waals surface area contributed by atoms with Crippen LogP contribution in [0.5, 0.6) is 0 Å². The third-order valence-corrected chi connectivity index (χ3v) is 7.29. The van der Waals surface area contributed by atoms with E-state index in [0.717, 1.165) is 45.2 Å². The molecule has 31 heavy (non-hydrogen) atoms. The third-order valence-electron chi connectivity index (χ3n) is 7.29. The Morgan fingerprint density at radius 2 is 1.84 bits per heavy atom. The van der Waals surface area contributed by atoms with E-state index in [2.05, 4.69) is 34.9 Å². The maximum Gasteiger partial charge on any atom is 0.322 e. The number of piperidine rings is 1. The molecule has 2 heterocycles. The summed E-state index contributed by atoms with van der Waals surface area (Å²) >= 11 is 0. The molecule has 1 spiro atoms. The minimum Gasteiger partial charge on any atom is -0.338 e. The lowest BCUT2D eigenvalue weighted by Gasteiger charge is -2.46. The van der Waals surface area contributed by atoms with Crippen LogP contribution in [0.1, 0.15) is 59.7 Å². The highest BCUT2D eigenvalue weighted by molar-refractivity contribution is 6.07. The van der Waals surface area contributed by atoms with Gasteiger partial charge in [0.15, 0.2) is 0 Å². The summed E-state index contributed by atoms with van der Waals surface area (Å²) in [5, 5.41) is 4.96. The van der Waals surface area contributed by atoms with E-state index in [-0.39, 0.29) is 11.3 Å². The number of hydrogen-bond acceptors (Lipinski definition) is 3. The monoisotopic (exact) mass is 417 g/mol. The molecule has 2 fully saturated rings. The Bertz CT molecular complexity index is 1080. The summed E-state index contributed by atoms with van der Waals surface area (Å²) in [7, 11) is 0. The molecular formula is C25H27N3O3. The van der Waals surface area contributed by atoms with Crippen LogP contribution in [0.3, 0.4) is 0 Å². The molecule has 2 aromatic carbocycles. The number of urea groups is 1. The van der Waals surface area contributed by atoms with Gasteiger partial charge in [0.2, 0.25) is 0 Å². The molecule has 6 nitrogen and oxygen atoms in total. The highest BCUT2D eigenvalue weighted by Crippen LogP contribution is 2.43. The average Bonchev–Trinajstić information content (AvgIpc) is 3.06. The van der Waals surface area contributed by atoms with E-state index in [1.807, 2.05) is 4.90 Å². The van der Waals surface area contributed by atoms with Crippen LogP contribution in [0.15, 0.2) is 48.5 Å². The van der Waals surface area contributed by atoms with Gasteiger partial charge in [-0.15, -0.1) is 0 Å². The molecule has 0 radical (unpaired) electrons. The minimum absolute atomic E-state index is 0.0164. The Hall–Kier alpha value is -3.15. The molecule has 2 N–H and O–H groups in total. The van der Waals surface area contributed by atoms with E-state index >= 15 is 0 Å². The van der Waals surface area contributed by atoms with Crippen molar-refractivity contribution < 1.29 is 14.4 Å². The first kappa shape index (κ1) is 19.8. The predicted octanol–water partition coefficient (Wildman–Crippen LogP) is 3.25. The van der Waals surface area contributed by atoms with E-state index in [4.69, 9.17) is 0 Å². The van der Waals surface area contributed by atoms with Crippen LogP contribution in [-0.4, -0.2) is 35.8 Å². The maximum absolute atomic E-state index is 13.5. The number of fused-ring (bicyclic) bond motifs is 2. The number of likely N-dealkylation sites (tertiary alicyclic amines) is 1. The number of hydrogen-bond donors (Lipinski definition) is 2. The van der Waals surface area contributed by atoms with E-state index in [0.29, 0.717) is 11.1 Å². The summed E-state index contributed by atoms with van der Waals surface area (Å²) in [6, 6.07) is 15.2. The summed E-state index contributed by atoms with van der Waals surface area (Å²) in [4.78, 5) is 39.4. The lowest BCUT2D eigenvalue weighted by Crippen LogP contribution is -2.50. The van der Waals surface area contributed by atoms with Crippen molar-refractivity contribution in [2.75, 3.05) is 13.1 Å². The number of imide groups is 1. The van der Waals surface area contributed by atoms with Crippen molar-refractivity contribution in [2.24, 2.45) is 0 Å². The zero-order valence-corrected chi connectivity index (χ0v) is 17.7. The van der Waals surface area contributed by atoms with Crippen LogP contribution in [-0.2, 0) is 22.2 Å². The van der Waals surface area contributed by atoms with Gasteiger partial charge in [-0.3, -0.25) is 14.9 Å². The van der Waals surface area contributed by atoms with Gasteiger partial charge < -0.3 is 10.2 Å². The lowest BCUT2D eigenvalue weighted by molar-refractivity contribution is -0.123. The fourth-order valence-corrected chi connectivity index (χ4v) is 5.63. The highest BCUT2D eigenvalue weighted by Gasteiger charge is 2.44. The molecule has 2 unspecified atom stereocenters. The summed E-state index contributed by atoms with van der Waals surface area (Å²) in [6.07, 6.45) is 5.47. The molecule has 3 aliphatic rings. The van der Waals surface area contributed by atoms with Crippen molar-refractivity contribution in [1.29, 1.82) is 0 Å². The zero-order valence-electron chi connectivity index (χ0n) is 17.7. The van der Waals surface area contributed by atoms with Gasteiger partial charge in [-0.2, -0.15) is 0 Å². The normalized spacial score (nSPS) is 27.6. The van der Waals surface area contributed by atoms with Crippen LogP contribution < -0.4 is 10.6 Å². The van der Waals surface area contributed by atoms with E-state index in [9.17, 15) is 14.4 Å². The zero-order chi connectivity index (χ0) is 21.6. The molecule has 160 valence electrons. The summed E-state index contributed by atoms with van der Waals surface area (Å²) in [6.45, 7) is 3.12. The van der Waals surface area contributed by atoms with E-state index in [1.54, 1.807) is 31.2 Å². The van der Waals surface area contributed by atoms with Gasteiger partial charge in [0.1, 0.15) is 5.54 Å². The van der Waals surface area contributed by atoms with Gasteiger partial charge in [-0.05, 0) is 67.9 Å². The van der Waals surface area contributed by atoms with Crippen molar-refractivity contribution in [3.05, 3.63) is 70.8 Å². The fourth-order valence-electron chi connectivity index (χ4n) is 5.63. The number of amides is 4. The number of rotatable bonds is 2. The van der Waals surface area contributed by atoms with Gasteiger partial charge >= 0.3 is 6.03 Å². The Morgan fingerprint density at radius 1 is 1.03 bits per heavy atom. The summed E-state index contributed by atoms with van der Waals surface area (Å²) < 4.78 is 0. The van der Waals surface area contributed by atoms with E-state index in [1.165, 1.54) is 11.1 Å². The Kier molecular flexibility index (Phi) is 4.61. The minimum atomic E-state index is -1.17. The second-order valence-electron chi connectivity index (χ2n) is 9.24. The van der Waals surface area contributed by atoms with Crippen molar-refractivity contribution in [3.63, 3.8) is 0 Å². The quantitative estimate of drug-likeness (QED) is 0.737. The van der Waals surface area contributed by atoms with Crippen molar-refractivity contribution in [3.8, 4) is 0 Å². The van der Waals surface area contributed by atoms with Crippen LogP contribution in [0.25, 0.3) is 0 Å². The number of nitrogens with one attached hydrogen (secondary N) is 2. The van der Waals surface area contributed by atoms with Crippen molar-refractivity contribution >= 4 is 17.8 Å². The number of carbonyl (C=O) groups excluding carboxylic acids is 3. The van der Waals surface area contributed by atoms with Gasteiger partial charge in [0, 0.05) is 24.1 Å². The van der Waals surface area contributed by atoms with Crippen molar-refractivity contribution in [1.82, 2.24) is 15.5 Å². The summed E-state index contributed by atoms with van der Waals surface area (Å²) in [5.41, 5.74) is 2.85. The largest absolute Gasteiger partial charge is 0.338 e. The first-order valence-electron chi connectivity index (χ1n) is 11.0. The number of nitrogens with zero attached hydrogens (tertiary/aromatic N) is 1. The smallest absolute Gasteiger partial charge is 0.322 e. The molecule has 2 aromatic rings. The molecule has 2 atom stereocenters. The lowest BCUT2D eigenvalue weighted by atomic mass is 9.66. The Labute approximate surface area is 182 Å². The second kappa shape index (κ2) is 7.22. The number of carbonyl (C=O) groups is 3. The molecule has 0 saturated carbocycles. The average molecular weight is 418 g/mol. The Balaban J connectivity index is 1.43. The van der Waals surface area contributed by atoms with Gasteiger partial charge in [-0.1, -0.05) is 36.4 Å². The molecule has 0 aromatic heterocycles. The molecule has 2 saturated heterocycles. The molecule has 1 aliphatic carbocycles. The molecule has 5 rings (SSSR count). The topological polar surface area (TPSA) is 78.5 Å². The Morgan fingerprint density at radius 3 is 2.65 bits per heavy atom. The number of aryl methyl sites for hydroxylation is 1. The maximum atomic E-state index is 13.5. The first-order chi connectivity index (χ1) is 14.9. The SMILES string of the molecule is CC1(c2cccc(C(=O)N3CCCC4(CCCc5ccccc54)C3)c2)NC(=O)NC1=O. The van der Waals surface area contributed by atoms with Crippen LogP contribution in [0.2, 0.25) is 0 Å². The summed E-state index contributed by atoms with van der Waals surface area (Å²) in [5.74, 6) is -0.421. The molecule has 6 heteroatoms. The standard InChI is InChI=1S/C25H27N3O3/c1-24(22(30)26-23(31)27-24)19-10-4-8-18(15-19)21(29)28-14-6-13-25(16-28)12-5-9-17-7-2-3-11-20(17)25/h2-4,7-8,10-11,15H,5-6,9,12-14,16H2,1H3,(H2,26,27,30,31). The van der Waals surface area contributed by atoms with Gasteiger partial charge in [0.05, 0.1) is 0 Å². The second-order valence-corrected chi connectivity index (χ2v) is 9.24. The van der Waals surface area contributed by atoms with Crippen molar-refractivity contribution in [2.45, 2.75) is 50.0 Å². The first-order valence-corrected chi connectivity index (χ1v) is 11.0. The van der Waals surface area contributed by atoms with Gasteiger partial charge in [0.25, 0.3) is 11.8 Å². The third kappa shape index (κ3) is 3.21. The molecule has 4 amide bonds. The fraction of sp³-hybridized carbons (Fsp3) is 0.400. The van der Waals surface area contributed by atoms with Crippen LogP contribution in [0, 0.1) is 0 Å². The van der Waals surface area contributed by atoms with Gasteiger partial charge in [-0.25, -0.2) is 4.79 Å². The molecular weight excluding hydrogens is 390 g/mol. The predicted molar refractivity (Wildman–Crippen MR) is 117 cm³/mol.